The molecule has 0 aliphatic carbocycles. The minimum absolute atomic E-state index is 0.00308. The van der Waals surface area contributed by atoms with Crippen LogP contribution in [0.15, 0.2) is 30.3 Å². The van der Waals surface area contributed by atoms with E-state index in [0.29, 0.717) is 0 Å². The van der Waals surface area contributed by atoms with Crippen LogP contribution < -0.4 is 0 Å². The number of benzene rings is 1. The fourth-order valence-electron chi connectivity index (χ4n) is 1.66. The molecule has 2 aromatic rings. The average Bonchev–Trinajstić information content (AvgIpc) is 2.74. The molecule has 0 spiro atoms. The third-order valence-corrected chi connectivity index (χ3v) is 4.96. The first-order valence-electron chi connectivity index (χ1n) is 5.36. The van der Waals surface area contributed by atoms with E-state index in [9.17, 15) is 17.6 Å². The van der Waals surface area contributed by atoms with Gasteiger partial charge in [0.15, 0.2) is 0 Å². The van der Waals surface area contributed by atoms with Gasteiger partial charge in [0, 0.05) is 15.3 Å². The van der Waals surface area contributed by atoms with E-state index in [0.717, 1.165) is 28.0 Å². The Morgan fingerprint density at radius 1 is 1.16 bits per heavy atom. The van der Waals surface area contributed by atoms with Gasteiger partial charge in [0.1, 0.15) is 5.82 Å². The van der Waals surface area contributed by atoms with Gasteiger partial charge < -0.3 is 0 Å². The Morgan fingerprint density at radius 3 is 2.37 bits per heavy atom. The van der Waals surface area contributed by atoms with Gasteiger partial charge in [-0.1, -0.05) is 15.9 Å². The lowest BCUT2D eigenvalue weighted by Gasteiger charge is -2.13. The quantitative estimate of drug-likeness (QED) is 0.480. The van der Waals surface area contributed by atoms with E-state index in [4.69, 9.17) is 0 Å². The van der Waals surface area contributed by atoms with Crippen LogP contribution in [0.5, 0.6) is 0 Å². The van der Waals surface area contributed by atoms with Gasteiger partial charge in [-0.3, -0.25) is 0 Å². The molecule has 0 N–H and O–H groups in total. The zero-order valence-corrected chi connectivity index (χ0v) is 12.2. The number of rotatable bonds is 2. The van der Waals surface area contributed by atoms with E-state index >= 15 is 0 Å². The largest absolute Gasteiger partial charge is 0.416 e. The molecule has 1 aromatic carbocycles. The summed E-state index contributed by atoms with van der Waals surface area (Å²) < 4.78 is 51.6. The summed E-state index contributed by atoms with van der Waals surface area (Å²) in [4.78, 5) is 1.22. The number of thiophene rings is 1. The van der Waals surface area contributed by atoms with Crippen molar-refractivity contribution in [1.29, 1.82) is 0 Å². The lowest BCUT2D eigenvalue weighted by atomic mass is 10.1. The Labute approximate surface area is 120 Å². The van der Waals surface area contributed by atoms with Crippen LogP contribution in [0.25, 0.3) is 0 Å². The van der Waals surface area contributed by atoms with Crippen LogP contribution in [0, 0.1) is 12.7 Å². The number of aryl methyl sites for hydroxylation is 1. The fraction of sp³-hybridized carbons (Fsp3) is 0.231. The summed E-state index contributed by atoms with van der Waals surface area (Å²) in [7, 11) is 0. The Morgan fingerprint density at radius 2 is 1.84 bits per heavy atom. The van der Waals surface area contributed by atoms with Gasteiger partial charge in [-0.15, -0.1) is 11.3 Å². The van der Waals surface area contributed by atoms with Crippen molar-refractivity contribution in [2.24, 2.45) is 0 Å². The third kappa shape index (κ3) is 3.17. The van der Waals surface area contributed by atoms with Crippen LogP contribution in [0.1, 0.15) is 25.7 Å². The summed E-state index contributed by atoms with van der Waals surface area (Å²) in [6, 6.07) is 6.08. The molecule has 1 heterocycles. The highest BCUT2D eigenvalue weighted by molar-refractivity contribution is 9.09. The SMILES string of the molecule is Cc1ccc(C(Br)c2cc(C(F)(F)F)ccc2F)s1. The zero-order valence-electron chi connectivity index (χ0n) is 9.76. The molecule has 0 fully saturated rings. The number of alkyl halides is 4. The van der Waals surface area contributed by atoms with E-state index in [2.05, 4.69) is 15.9 Å². The molecule has 0 amide bonds. The summed E-state index contributed by atoms with van der Waals surface area (Å²) in [5.74, 6) is -0.652. The maximum absolute atomic E-state index is 13.7. The van der Waals surface area contributed by atoms with Crippen LogP contribution >= 0.6 is 27.3 Å². The first-order valence-corrected chi connectivity index (χ1v) is 7.09. The van der Waals surface area contributed by atoms with Crippen molar-refractivity contribution < 1.29 is 17.6 Å². The van der Waals surface area contributed by atoms with Crippen LogP contribution in [0.4, 0.5) is 17.6 Å². The molecule has 6 heteroatoms. The van der Waals surface area contributed by atoms with Crippen molar-refractivity contribution in [3.63, 3.8) is 0 Å². The van der Waals surface area contributed by atoms with Crippen molar-refractivity contribution >= 4 is 27.3 Å². The molecule has 0 saturated carbocycles. The van der Waals surface area contributed by atoms with Crippen molar-refractivity contribution in [2.75, 3.05) is 0 Å². The van der Waals surface area contributed by atoms with E-state index < -0.39 is 22.4 Å². The van der Waals surface area contributed by atoms with E-state index in [1.165, 1.54) is 11.3 Å². The number of halogens is 5. The lowest BCUT2D eigenvalue weighted by Crippen LogP contribution is -2.07. The summed E-state index contributed by atoms with van der Waals surface area (Å²) in [6.07, 6.45) is -4.47. The molecule has 2 rings (SSSR count). The van der Waals surface area contributed by atoms with Gasteiger partial charge in [0.25, 0.3) is 0 Å². The van der Waals surface area contributed by atoms with Crippen molar-refractivity contribution in [3.05, 3.63) is 57.0 Å². The highest BCUT2D eigenvalue weighted by Gasteiger charge is 2.32. The molecule has 1 unspecified atom stereocenters. The Bertz CT molecular complexity index is 589. The molecule has 0 aliphatic heterocycles. The molecule has 0 radical (unpaired) electrons. The maximum atomic E-state index is 13.7. The molecule has 1 aromatic heterocycles. The maximum Gasteiger partial charge on any atom is 0.416 e. The second-order valence-corrected chi connectivity index (χ2v) is 6.28. The molecule has 19 heavy (non-hydrogen) atoms. The second kappa shape index (κ2) is 5.25. The van der Waals surface area contributed by atoms with Crippen LogP contribution in [0.2, 0.25) is 0 Å². The standard InChI is InChI=1S/C13H9BrF4S/c1-7-2-5-11(19-7)12(14)9-6-8(13(16,17)18)3-4-10(9)15/h2-6,12H,1H3. The smallest absolute Gasteiger partial charge is 0.207 e. The molecule has 1 atom stereocenters. The van der Waals surface area contributed by atoms with E-state index in [-0.39, 0.29) is 5.56 Å². The first kappa shape index (κ1) is 14.5. The highest BCUT2D eigenvalue weighted by Crippen LogP contribution is 2.39. The Kier molecular flexibility index (Phi) is 4.01. The topological polar surface area (TPSA) is 0 Å². The Hall–Kier alpha value is -0.880. The predicted octanol–water partition coefficient (Wildman–Crippen LogP) is 5.70. The van der Waals surface area contributed by atoms with Crippen LogP contribution in [-0.4, -0.2) is 0 Å². The molecule has 0 bridgehead atoms. The minimum atomic E-state index is -4.47. The lowest BCUT2D eigenvalue weighted by molar-refractivity contribution is -0.137. The summed E-state index contributed by atoms with van der Waals surface area (Å²) >= 11 is 4.68. The fourth-order valence-corrected chi connectivity index (χ4v) is 3.32. The second-order valence-electron chi connectivity index (χ2n) is 4.05. The van der Waals surface area contributed by atoms with Gasteiger partial charge in [0.05, 0.1) is 10.4 Å². The van der Waals surface area contributed by atoms with Crippen LogP contribution in [-0.2, 0) is 6.18 Å². The average molecular weight is 353 g/mol. The molecular weight excluding hydrogens is 344 g/mol. The molecule has 0 aliphatic rings. The Balaban J connectivity index is 2.44. The third-order valence-electron chi connectivity index (χ3n) is 2.61. The van der Waals surface area contributed by atoms with Crippen molar-refractivity contribution in [2.45, 2.75) is 17.9 Å². The monoisotopic (exact) mass is 352 g/mol. The minimum Gasteiger partial charge on any atom is -0.207 e. The van der Waals surface area contributed by atoms with Gasteiger partial charge in [-0.05, 0) is 37.3 Å². The normalized spacial score (nSPS) is 13.6. The molecular formula is C13H9BrF4S. The summed E-state index contributed by atoms with van der Waals surface area (Å²) in [5, 5.41) is 0. The number of hydrogen-bond donors (Lipinski definition) is 0. The summed E-state index contributed by atoms with van der Waals surface area (Å²) in [5.41, 5.74) is -0.849. The van der Waals surface area contributed by atoms with Gasteiger partial charge in [0.2, 0.25) is 0 Å². The molecule has 0 nitrogen and oxygen atoms in total. The molecule has 102 valence electrons. The summed E-state index contributed by atoms with van der Waals surface area (Å²) in [6.45, 7) is 1.89. The van der Waals surface area contributed by atoms with Crippen molar-refractivity contribution in [1.82, 2.24) is 0 Å². The van der Waals surface area contributed by atoms with Gasteiger partial charge in [-0.25, -0.2) is 4.39 Å². The van der Waals surface area contributed by atoms with E-state index in [1.54, 1.807) is 6.07 Å². The van der Waals surface area contributed by atoms with E-state index in [1.807, 2.05) is 13.0 Å². The number of hydrogen-bond acceptors (Lipinski definition) is 1. The van der Waals surface area contributed by atoms with Gasteiger partial charge in [-0.2, -0.15) is 13.2 Å². The molecule has 0 saturated heterocycles. The van der Waals surface area contributed by atoms with Crippen molar-refractivity contribution in [3.8, 4) is 0 Å². The highest BCUT2D eigenvalue weighted by atomic mass is 79.9. The zero-order chi connectivity index (χ0) is 14.2. The first-order chi connectivity index (χ1) is 8.79. The predicted molar refractivity (Wildman–Crippen MR) is 71.2 cm³/mol. The van der Waals surface area contributed by atoms with Crippen LogP contribution in [0.3, 0.4) is 0 Å². The van der Waals surface area contributed by atoms with Gasteiger partial charge >= 0.3 is 6.18 Å².